The minimum Gasteiger partial charge on any atom is -0.382 e. The van der Waals surface area contributed by atoms with Gasteiger partial charge < -0.3 is 11.1 Å². The Hall–Kier alpha value is -1.94. The predicted molar refractivity (Wildman–Crippen MR) is 95.6 cm³/mol. The van der Waals surface area contributed by atoms with E-state index in [-0.39, 0.29) is 0 Å². The van der Waals surface area contributed by atoms with Crippen LogP contribution in [-0.4, -0.2) is 23.1 Å². The van der Waals surface area contributed by atoms with Gasteiger partial charge in [-0.2, -0.15) is 0 Å². The largest absolute Gasteiger partial charge is 0.382 e. The number of nitrogens with two attached hydrogens (primary N) is 1. The van der Waals surface area contributed by atoms with Gasteiger partial charge >= 0.3 is 0 Å². The lowest BCUT2D eigenvalue weighted by Gasteiger charge is -2.15. The summed E-state index contributed by atoms with van der Waals surface area (Å²) in [6.45, 7) is 3.65. The molecule has 1 heterocycles. The summed E-state index contributed by atoms with van der Waals surface area (Å²) in [7, 11) is 0. The Kier molecular flexibility index (Phi) is 5.23. The standard InChI is InChI=1S/C19H26N4/c1-14-6-4-9-16(12-14)18-17(21-11-5-10-20)13-22-19(23-18)15-7-2-3-8-15/h4,6,9,12-13,15,21H,2-3,5,7-8,10-11,20H2,1H3. The molecule has 0 radical (unpaired) electrons. The molecule has 1 fully saturated rings. The van der Waals surface area contributed by atoms with E-state index in [0.717, 1.165) is 35.7 Å². The van der Waals surface area contributed by atoms with Crippen LogP contribution in [0.2, 0.25) is 0 Å². The van der Waals surface area contributed by atoms with Crippen molar-refractivity contribution in [3.8, 4) is 11.3 Å². The fourth-order valence-corrected chi connectivity index (χ4v) is 3.24. The summed E-state index contributed by atoms with van der Waals surface area (Å²) in [5.74, 6) is 1.53. The van der Waals surface area contributed by atoms with Crippen LogP contribution in [-0.2, 0) is 0 Å². The first kappa shape index (κ1) is 15.9. The number of hydrogen-bond acceptors (Lipinski definition) is 4. The van der Waals surface area contributed by atoms with Crippen molar-refractivity contribution >= 4 is 5.69 Å². The smallest absolute Gasteiger partial charge is 0.132 e. The Morgan fingerprint density at radius 3 is 2.83 bits per heavy atom. The van der Waals surface area contributed by atoms with Crippen LogP contribution in [0.5, 0.6) is 0 Å². The summed E-state index contributed by atoms with van der Waals surface area (Å²) < 4.78 is 0. The summed E-state index contributed by atoms with van der Waals surface area (Å²) in [6.07, 6.45) is 7.92. The number of hydrogen-bond donors (Lipinski definition) is 2. The van der Waals surface area contributed by atoms with E-state index in [2.05, 4.69) is 41.5 Å². The van der Waals surface area contributed by atoms with Crippen LogP contribution < -0.4 is 11.1 Å². The lowest BCUT2D eigenvalue weighted by molar-refractivity contribution is 0.669. The SMILES string of the molecule is Cc1cccc(-c2nc(C3CCCC3)ncc2NCCCN)c1. The van der Waals surface area contributed by atoms with Crippen molar-refractivity contribution in [3.63, 3.8) is 0 Å². The number of rotatable bonds is 6. The van der Waals surface area contributed by atoms with Crippen LogP contribution in [0, 0.1) is 6.92 Å². The van der Waals surface area contributed by atoms with Gasteiger partial charge in [-0.15, -0.1) is 0 Å². The summed E-state index contributed by atoms with van der Waals surface area (Å²) in [4.78, 5) is 9.58. The van der Waals surface area contributed by atoms with Gasteiger partial charge in [0.05, 0.1) is 17.6 Å². The van der Waals surface area contributed by atoms with E-state index in [0.29, 0.717) is 12.5 Å². The molecule has 0 bridgehead atoms. The molecule has 3 rings (SSSR count). The van der Waals surface area contributed by atoms with E-state index in [9.17, 15) is 0 Å². The molecule has 0 aliphatic heterocycles. The lowest BCUT2D eigenvalue weighted by Crippen LogP contribution is -2.11. The van der Waals surface area contributed by atoms with Gasteiger partial charge in [-0.05, 0) is 38.8 Å². The zero-order valence-electron chi connectivity index (χ0n) is 13.9. The third-order valence-electron chi connectivity index (χ3n) is 4.52. The van der Waals surface area contributed by atoms with E-state index < -0.39 is 0 Å². The van der Waals surface area contributed by atoms with Gasteiger partial charge in [-0.25, -0.2) is 9.97 Å². The summed E-state index contributed by atoms with van der Waals surface area (Å²) >= 11 is 0. The fourth-order valence-electron chi connectivity index (χ4n) is 3.24. The predicted octanol–water partition coefficient (Wildman–Crippen LogP) is 3.87. The molecule has 0 atom stereocenters. The van der Waals surface area contributed by atoms with Gasteiger partial charge in [0, 0.05) is 18.0 Å². The summed E-state index contributed by atoms with van der Waals surface area (Å²) in [5, 5.41) is 3.44. The van der Waals surface area contributed by atoms with Gasteiger partial charge in [0.2, 0.25) is 0 Å². The molecule has 4 heteroatoms. The first-order valence-corrected chi connectivity index (χ1v) is 8.66. The topological polar surface area (TPSA) is 63.8 Å². The average molecular weight is 310 g/mol. The van der Waals surface area contributed by atoms with Crippen LogP contribution in [0.25, 0.3) is 11.3 Å². The second-order valence-corrected chi connectivity index (χ2v) is 6.41. The first-order valence-electron chi connectivity index (χ1n) is 8.66. The van der Waals surface area contributed by atoms with Gasteiger partial charge in [0.15, 0.2) is 0 Å². The number of anilines is 1. The van der Waals surface area contributed by atoms with E-state index in [1.54, 1.807) is 0 Å². The highest BCUT2D eigenvalue weighted by molar-refractivity contribution is 5.74. The second-order valence-electron chi connectivity index (χ2n) is 6.41. The highest BCUT2D eigenvalue weighted by Crippen LogP contribution is 2.34. The highest BCUT2D eigenvalue weighted by atomic mass is 15.0. The number of benzene rings is 1. The molecule has 0 spiro atoms. The molecule has 2 aromatic rings. The Labute approximate surface area is 138 Å². The van der Waals surface area contributed by atoms with Crippen molar-refractivity contribution in [1.29, 1.82) is 0 Å². The minimum atomic E-state index is 0.525. The van der Waals surface area contributed by atoms with Crippen LogP contribution >= 0.6 is 0 Å². The third-order valence-corrected chi connectivity index (χ3v) is 4.52. The quantitative estimate of drug-likeness (QED) is 0.795. The fraction of sp³-hybridized carbons (Fsp3) is 0.474. The zero-order valence-corrected chi connectivity index (χ0v) is 13.9. The van der Waals surface area contributed by atoms with Gasteiger partial charge in [0.1, 0.15) is 5.82 Å². The Morgan fingerprint density at radius 2 is 2.09 bits per heavy atom. The zero-order chi connectivity index (χ0) is 16.1. The molecule has 1 aromatic heterocycles. The van der Waals surface area contributed by atoms with Crippen molar-refractivity contribution in [3.05, 3.63) is 41.9 Å². The summed E-state index contributed by atoms with van der Waals surface area (Å²) in [5.41, 5.74) is 10.0. The Bertz CT molecular complexity index is 648. The van der Waals surface area contributed by atoms with Gasteiger partial charge in [-0.3, -0.25) is 0 Å². The third kappa shape index (κ3) is 3.88. The van der Waals surface area contributed by atoms with E-state index in [1.165, 1.54) is 31.2 Å². The van der Waals surface area contributed by atoms with Crippen LogP contribution in [0.4, 0.5) is 5.69 Å². The number of nitrogens with zero attached hydrogens (tertiary/aromatic N) is 2. The maximum Gasteiger partial charge on any atom is 0.132 e. The summed E-state index contributed by atoms with van der Waals surface area (Å²) in [6, 6.07) is 8.52. The second kappa shape index (κ2) is 7.55. The minimum absolute atomic E-state index is 0.525. The Morgan fingerprint density at radius 1 is 1.26 bits per heavy atom. The number of aryl methyl sites for hydroxylation is 1. The van der Waals surface area contributed by atoms with Crippen LogP contribution in [0.15, 0.2) is 30.5 Å². The molecule has 3 N–H and O–H groups in total. The van der Waals surface area contributed by atoms with Crippen molar-refractivity contribution in [2.75, 3.05) is 18.4 Å². The molecule has 1 aliphatic rings. The van der Waals surface area contributed by atoms with Crippen LogP contribution in [0.3, 0.4) is 0 Å². The normalized spacial score (nSPS) is 15.0. The molecular formula is C19H26N4. The highest BCUT2D eigenvalue weighted by Gasteiger charge is 2.21. The molecule has 0 saturated heterocycles. The monoisotopic (exact) mass is 310 g/mol. The number of aromatic nitrogens is 2. The van der Waals surface area contributed by atoms with Crippen LogP contribution in [0.1, 0.15) is 49.4 Å². The van der Waals surface area contributed by atoms with Crippen molar-refractivity contribution in [2.24, 2.45) is 5.73 Å². The molecule has 1 aromatic carbocycles. The Balaban J connectivity index is 1.95. The van der Waals surface area contributed by atoms with E-state index in [1.807, 2.05) is 6.20 Å². The van der Waals surface area contributed by atoms with Crippen molar-refractivity contribution < 1.29 is 0 Å². The maximum absolute atomic E-state index is 5.60. The molecule has 1 saturated carbocycles. The molecule has 4 nitrogen and oxygen atoms in total. The molecular weight excluding hydrogens is 284 g/mol. The van der Waals surface area contributed by atoms with Crippen molar-refractivity contribution in [1.82, 2.24) is 9.97 Å². The average Bonchev–Trinajstić information content (AvgIpc) is 3.10. The first-order chi connectivity index (χ1) is 11.3. The number of nitrogens with one attached hydrogen (secondary N) is 1. The molecule has 122 valence electrons. The molecule has 0 unspecified atom stereocenters. The maximum atomic E-state index is 5.60. The van der Waals surface area contributed by atoms with Crippen molar-refractivity contribution in [2.45, 2.75) is 44.9 Å². The lowest BCUT2D eigenvalue weighted by atomic mass is 10.0. The molecule has 0 amide bonds. The van der Waals surface area contributed by atoms with Gasteiger partial charge in [0.25, 0.3) is 0 Å². The van der Waals surface area contributed by atoms with E-state index in [4.69, 9.17) is 10.7 Å². The molecule has 23 heavy (non-hydrogen) atoms. The van der Waals surface area contributed by atoms with Gasteiger partial charge in [-0.1, -0.05) is 36.6 Å². The molecule has 1 aliphatic carbocycles. The van der Waals surface area contributed by atoms with E-state index >= 15 is 0 Å².